The number of allylic oxidation sites excluding steroid dienone is 1. The van der Waals surface area contributed by atoms with Crippen molar-refractivity contribution in [3.8, 4) is 11.4 Å². The number of aromatic nitrogens is 2. The Morgan fingerprint density at radius 1 is 0.849 bits per heavy atom. The van der Waals surface area contributed by atoms with E-state index in [0.717, 1.165) is 44.7 Å². The maximum absolute atomic E-state index is 13.5. The molecule has 14 heteroatoms. The quantitative estimate of drug-likeness (QED) is 0.115. The molecule has 53 heavy (non-hydrogen) atoms. The predicted molar refractivity (Wildman–Crippen MR) is 206 cm³/mol. The number of hydrogen-bond donors (Lipinski definition) is 8. The van der Waals surface area contributed by atoms with Crippen molar-refractivity contribution < 1.29 is 29.4 Å². The van der Waals surface area contributed by atoms with E-state index in [-0.39, 0.29) is 61.9 Å². The van der Waals surface area contributed by atoms with Crippen molar-refractivity contribution in [1.29, 1.82) is 0 Å². The van der Waals surface area contributed by atoms with Gasteiger partial charge < -0.3 is 51.2 Å². The molecule has 2 aromatic heterocycles. The van der Waals surface area contributed by atoms with Gasteiger partial charge >= 0.3 is 0 Å². The summed E-state index contributed by atoms with van der Waals surface area (Å²) in [6, 6.07) is 6.34. The summed E-state index contributed by atoms with van der Waals surface area (Å²) < 4.78 is 0. The van der Waals surface area contributed by atoms with Crippen molar-refractivity contribution >= 4 is 46.7 Å². The number of likely N-dealkylation sites (tertiary alicyclic amines) is 2. The number of rotatable bonds is 15. The summed E-state index contributed by atoms with van der Waals surface area (Å²) in [5.74, 6) is -1.12. The molecule has 6 atom stereocenters. The summed E-state index contributed by atoms with van der Waals surface area (Å²) in [5, 5.41) is 33.7. The zero-order valence-corrected chi connectivity index (χ0v) is 31.3. The van der Waals surface area contributed by atoms with Gasteiger partial charge in [-0.25, -0.2) is 0 Å². The van der Waals surface area contributed by atoms with Crippen LogP contribution in [0.15, 0.2) is 36.9 Å². The van der Waals surface area contributed by atoms with Crippen LogP contribution in [0.2, 0.25) is 0 Å². The fourth-order valence-corrected chi connectivity index (χ4v) is 7.51. The van der Waals surface area contributed by atoms with E-state index in [1.165, 1.54) is 0 Å². The third-order valence-corrected chi connectivity index (χ3v) is 10.6. The van der Waals surface area contributed by atoms with E-state index in [1.807, 2.05) is 43.3 Å². The Kier molecular flexibility index (Phi) is 12.9. The van der Waals surface area contributed by atoms with Crippen LogP contribution in [0, 0.1) is 0 Å². The maximum Gasteiger partial charge on any atom is 0.242 e. The van der Waals surface area contributed by atoms with Gasteiger partial charge in [-0.05, 0) is 83.8 Å². The lowest BCUT2D eigenvalue weighted by Crippen LogP contribution is -2.47. The average molecular weight is 731 g/mol. The number of aliphatic hydroxyl groups excluding tert-OH is 2. The molecule has 0 radical (unpaired) electrons. The number of fused-ring (bicyclic) bond motifs is 1. The Hall–Kier alpha value is -4.76. The molecule has 0 saturated carbocycles. The molecule has 2 fully saturated rings. The van der Waals surface area contributed by atoms with Gasteiger partial charge in [-0.1, -0.05) is 36.9 Å². The molecule has 0 aliphatic carbocycles. The Labute approximate surface area is 310 Å². The molecule has 4 heterocycles. The van der Waals surface area contributed by atoms with Gasteiger partial charge in [-0.3, -0.25) is 19.2 Å². The van der Waals surface area contributed by atoms with E-state index in [4.69, 9.17) is 0 Å². The number of aromatic amines is 2. The van der Waals surface area contributed by atoms with E-state index in [0.29, 0.717) is 25.7 Å². The number of carbonyl (C=O) groups is 4. The topological polar surface area (TPSA) is 195 Å². The number of amides is 4. The summed E-state index contributed by atoms with van der Waals surface area (Å²) in [6.45, 7) is 9.46. The molecule has 5 rings (SSSR count). The van der Waals surface area contributed by atoms with Crippen molar-refractivity contribution in [3.63, 3.8) is 0 Å². The largest absolute Gasteiger partial charge is 0.391 e. The van der Waals surface area contributed by atoms with E-state index >= 15 is 0 Å². The number of para-hydroxylation sites is 1. The van der Waals surface area contributed by atoms with Crippen molar-refractivity contribution in [3.05, 3.63) is 59.3 Å². The molecule has 3 aromatic rings. The number of benzene rings is 1. The Balaban J connectivity index is 1.50. The van der Waals surface area contributed by atoms with Gasteiger partial charge in [0.15, 0.2) is 0 Å². The molecule has 2 saturated heterocycles. The first kappa shape index (κ1) is 39.4. The van der Waals surface area contributed by atoms with Crippen LogP contribution in [0.5, 0.6) is 0 Å². The number of likely N-dealkylation sites (N-methyl/N-ethyl adjacent to an activating group) is 2. The second kappa shape index (κ2) is 17.4. The SMILES string of the molecule is C=Cc1c(/C=C\C)[nH]c(-c2[nH]c3ccccc3c2C[C@@H]2C[C@H](O)CN2C(=O)CNC(=O)[C@H](C)NC)c1C[C@@H]1C[C@H](O)CN1C(=O)CNC(=O)[C@H](C)NC. The molecule has 4 amide bonds. The molecule has 0 bridgehead atoms. The van der Waals surface area contributed by atoms with Crippen LogP contribution in [0.4, 0.5) is 0 Å². The number of β-amino-alcohol motifs (C(OH)–C–C–N with tert-alkyl or cyclic N) is 2. The number of H-pyrrole nitrogens is 2. The van der Waals surface area contributed by atoms with E-state index < -0.39 is 24.3 Å². The number of aliphatic hydroxyl groups is 2. The van der Waals surface area contributed by atoms with Gasteiger partial charge in [0.2, 0.25) is 23.6 Å². The zero-order chi connectivity index (χ0) is 38.4. The first-order chi connectivity index (χ1) is 25.4. The molecule has 2 aliphatic heterocycles. The van der Waals surface area contributed by atoms with E-state index in [2.05, 4.69) is 37.8 Å². The number of hydrogen-bond acceptors (Lipinski definition) is 8. The van der Waals surface area contributed by atoms with Crippen LogP contribution in [0.25, 0.3) is 34.4 Å². The zero-order valence-electron chi connectivity index (χ0n) is 31.3. The highest BCUT2D eigenvalue weighted by molar-refractivity contribution is 5.93. The first-order valence-electron chi connectivity index (χ1n) is 18.3. The highest BCUT2D eigenvalue weighted by Crippen LogP contribution is 2.39. The van der Waals surface area contributed by atoms with E-state index in [9.17, 15) is 29.4 Å². The molecule has 286 valence electrons. The molecule has 1 aromatic carbocycles. The van der Waals surface area contributed by atoms with Crippen LogP contribution < -0.4 is 21.3 Å². The standard InChI is InChI=1S/C39H54N8O6/c1-7-11-32-28(8-2)30(16-24-14-26(48)20-46(24)34(50)18-42-38(52)22(3)40-5)36(44-32)37-31(29-12-9-10-13-33(29)45-37)17-25-15-27(49)21-47(25)35(51)19-43-39(53)23(4)41-6/h7-13,22-27,40-41,44-45,48-49H,2,14-21H2,1,3-6H3,(H,42,52)(H,43,53)/b11-7-/t22-,23-,24-,25-,26-,27-/m0/s1. The lowest BCUT2D eigenvalue weighted by molar-refractivity contribution is -0.134. The van der Waals surface area contributed by atoms with Crippen molar-refractivity contribution in [2.75, 3.05) is 40.3 Å². The summed E-state index contributed by atoms with van der Waals surface area (Å²) in [6.07, 6.45) is 5.85. The Bertz CT molecular complexity index is 1850. The van der Waals surface area contributed by atoms with Gasteiger partial charge in [0, 0.05) is 47.3 Å². The lowest BCUT2D eigenvalue weighted by atomic mass is 9.94. The molecular formula is C39H54N8O6. The first-order valence-corrected chi connectivity index (χ1v) is 18.3. The molecule has 8 N–H and O–H groups in total. The monoisotopic (exact) mass is 730 g/mol. The minimum absolute atomic E-state index is 0.158. The molecule has 2 aliphatic rings. The highest BCUT2D eigenvalue weighted by atomic mass is 16.3. The van der Waals surface area contributed by atoms with Gasteiger partial charge in [0.05, 0.1) is 48.8 Å². The number of nitrogens with zero attached hydrogens (tertiary/aromatic N) is 2. The predicted octanol–water partition coefficient (Wildman–Crippen LogP) is 1.30. The molecular weight excluding hydrogens is 676 g/mol. The second-order valence-corrected chi connectivity index (χ2v) is 14.1. The fourth-order valence-electron chi connectivity index (χ4n) is 7.51. The third kappa shape index (κ3) is 8.73. The Morgan fingerprint density at radius 3 is 1.87 bits per heavy atom. The third-order valence-electron chi connectivity index (χ3n) is 10.6. The molecule has 0 unspecified atom stereocenters. The minimum Gasteiger partial charge on any atom is -0.391 e. The summed E-state index contributed by atoms with van der Waals surface area (Å²) in [4.78, 5) is 62.3. The molecule has 0 spiro atoms. The van der Waals surface area contributed by atoms with Crippen molar-refractivity contribution in [2.45, 2.75) is 82.8 Å². The maximum atomic E-state index is 13.5. The van der Waals surface area contributed by atoms with Crippen LogP contribution in [0.1, 0.15) is 56.0 Å². The van der Waals surface area contributed by atoms with Crippen LogP contribution in [0.3, 0.4) is 0 Å². The van der Waals surface area contributed by atoms with Crippen LogP contribution in [-0.2, 0) is 32.0 Å². The number of nitrogens with one attached hydrogen (secondary N) is 6. The van der Waals surface area contributed by atoms with Crippen molar-refractivity contribution in [2.24, 2.45) is 0 Å². The Morgan fingerprint density at radius 2 is 1.36 bits per heavy atom. The van der Waals surface area contributed by atoms with Crippen LogP contribution in [-0.4, -0.2) is 130 Å². The van der Waals surface area contributed by atoms with Gasteiger partial charge in [0.25, 0.3) is 0 Å². The average Bonchev–Trinajstić information content (AvgIpc) is 3.91. The molecule has 14 nitrogen and oxygen atoms in total. The van der Waals surface area contributed by atoms with Crippen molar-refractivity contribution in [1.82, 2.24) is 41.0 Å². The lowest BCUT2D eigenvalue weighted by Gasteiger charge is -2.26. The van der Waals surface area contributed by atoms with Gasteiger partial charge in [0.1, 0.15) is 0 Å². The van der Waals surface area contributed by atoms with Gasteiger partial charge in [-0.2, -0.15) is 0 Å². The normalized spacial score (nSPS) is 21.3. The smallest absolute Gasteiger partial charge is 0.242 e. The summed E-state index contributed by atoms with van der Waals surface area (Å²) >= 11 is 0. The number of carbonyl (C=O) groups excluding carboxylic acids is 4. The van der Waals surface area contributed by atoms with E-state index in [1.54, 1.807) is 43.8 Å². The summed E-state index contributed by atoms with van der Waals surface area (Å²) in [5.41, 5.74) is 6.08. The minimum atomic E-state index is -0.715. The van der Waals surface area contributed by atoms with Crippen LogP contribution >= 0.6 is 0 Å². The highest BCUT2D eigenvalue weighted by Gasteiger charge is 2.38. The second-order valence-electron chi connectivity index (χ2n) is 14.1. The summed E-state index contributed by atoms with van der Waals surface area (Å²) in [7, 11) is 3.35. The van der Waals surface area contributed by atoms with Gasteiger partial charge in [-0.15, -0.1) is 0 Å². The fraction of sp³-hybridized carbons (Fsp3) is 0.487.